The number of carbonyl (C=O) groups excluding carboxylic acids is 1. The second-order valence-electron chi connectivity index (χ2n) is 7.10. The molecular weight excluding hydrogens is 368 g/mol. The molecule has 2 heterocycles. The fourth-order valence-electron chi connectivity index (χ4n) is 3.84. The minimum absolute atomic E-state index is 0.116. The highest BCUT2D eigenvalue weighted by Gasteiger charge is 2.30. The number of nitrogens with zero attached hydrogens (tertiary/aromatic N) is 4. The topological polar surface area (TPSA) is 51.0 Å². The van der Waals surface area contributed by atoms with Crippen LogP contribution < -0.4 is 4.90 Å². The van der Waals surface area contributed by atoms with E-state index in [1.807, 2.05) is 35.2 Å². The molecule has 0 saturated heterocycles. The Bertz CT molecular complexity index is 1010. The van der Waals surface area contributed by atoms with Crippen molar-refractivity contribution >= 4 is 23.4 Å². The summed E-state index contributed by atoms with van der Waals surface area (Å²) in [4.78, 5) is 14.9. The van der Waals surface area contributed by atoms with Crippen LogP contribution >= 0.6 is 11.8 Å². The van der Waals surface area contributed by atoms with E-state index in [4.69, 9.17) is 0 Å². The molecule has 144 valence electrons. The van der Waals surface area contributed by atoms with E-state index in [9.17, 15) is 4.79 Å². The molecule has 5 nitrogen and oxygen atoms in total. The molecule has 1 aliphatic heterocycles. The Morgan fingerprint density at radius 3 is 2.68 bits per heavy atom. The first-order chi connectivity index (χ1) is 13.6. The van der Waals surface area contributed by atoms with Crippen LogP contribution in [0.25, 0.3) is 11.4 Å². The van der Waals surface area contributed by atoms with Gasteiger partial charge in [0.05, 0.1) is 5.75 Å². The van der Waals surface area contributed by atoms with Gasteiger partial charge in [0.25, 0.3) is 0 Å². The van der Waals surface area contributed by atoms with Crippen molar-refractivity contribution < 1.29 is 4.79 Å². The normalized spacial score (nSPS) is 15.7. The van der Waals surface area contributed by atoms with E-state index >= 15 is 0 Å². The van der Waals surface area contributed by atoms with Crippen LogP contribution in [0.3, 0.4) is 0 Å². The monoisotopic (exact) mass is 392 g/mol. The van der Waals surface area contributed by atoms with Gasteiger partial charge in [-0.25, -0.2) is 0 Å². The molecule has 0 unspecified atom stereocenters. The van der Waals surface area contributed by atoms with Crippen LogP contribution in [0.15, 0.2) is 53.7 Å². The molecule has 2 aromatic carbocycles. The molecule has 1 amide bonds. The number of aryl methyl sites for hydroxylation is 1. The number of hydrogen-bond acceptors (Lipinski definition) is 4. The van der Waals surface area contributed by atoms with Gasteiger partial charge >= 0.3 is 0 Å². The highest BCUT2D eigenvalue weighted by atomic mass is 32.2. The molecule has 0 bridgehead atoms. The predicted molar refractivity (Wildman–Crippen MR) is 114 cm³/mol. The number of thioether (sulfide) groups is 1. The molecule has 0 saturated carbocycles. The third-order valence-corrected chi connectivity index (χ3v) is 6.17. The van der Waals surface area contributed by atoms with Gasteiger partial charge < -0.3 is 9.47 Å². The molecule has 1 aliphatic rings. The van der Waals surface area contributed by atoms with E-state index in [0.29, 0.717) is 5.75 Å². The van der Waals surface area contributed by atoms with Crippen molar-refractivity contribution in [3.8, 4) is 11.4 Å². The maximum Gasteiger partial charge on any atom is 0.237 e. The summed E-state index contributed by atoms with van der Waals surface area (Å²) in [5.41, 5.74) is 4.53. The minimum Gasteiger partial charge on any atom is -0.308 e. The maximum absolute atomic E-state index is 13.0. The molecule has 28 heavy (non-hydrogen) atoms. The molecule has 0 radical (unpaired) electrons. The van der Waals surface area contributed by atoms with Crippen LogP contribution in [0.1, 0.15) is 25.0 Å². The Morgan fingerprint density at radius 1 is 1.14 bits per heavy atom. The number of amides is 1. The van der Waals surface area contributed by atoms with E-state index < -0.39 is 0 Å². The van der Waals surface area contributed by atoms with Crippen molar-refractivity contribution in [1.29, 1.82) is 0 Å². The standard InChI is InChI=1S/C22H24N4OS/c1-4-25-21(18-11-7-5-9-15(18)2)23-24-22(25)28-14-20(27)26-16(3)13-17-10-6-8-12-19(17)26/h5-12,16H,4,13-14H2,1-3H3/t16-/m0/s1. The first-order valence-corrected chi connectivity index (χ1v) is 10.6. The van der Waals surface area contributed by atoms with Gasteiger partial charge in [-0.15, -0.1) is 10.2 Å². The lowest BCUT2D eigenvalue weighted by molar-refractivity contribution is -0.116. The van der Waals surface area contributed by atoms with Gasteiger partial charge in [-0.1, -0.05) is 54.2 Å². The smallest absolute Gasteiger partial charge is 0.237 e. The van der Waals surface area contributed by atoms with Gasteiger partial charge in [-0.05, 0) is 44.4 Å². The molecule has 0 spiro atoms. The minimum atomic E-state index is 0.116. The Morgan fingerprint density at radius 2 is 1.89 bits per heavy atom. The van der Waals surface area contributed by atoms with Gasteiger partial charge in [0.2, 0.25) is 5.91 Å². The predicted octanol–water partition coefficient (Wildman–Crippen LogP) is 4.34. The lowest BCUT2D eigenvalue weighted by atomic mass is 10.1. The van der Waals surface area contributed by atoms with Gasteiger partial charge in [-0.3, -0.25) is 4.79 Å². The average Bonchev–Trinajstić information content (AvgIpc) is 3.26. The Balaban J connectivity index is 1.53. The summed E-state index contributed by atoms with van der Waals surface area (Å²) in [6.45, 7) is 7.02. The zero-order chi connectivity index (χ0) is 19.7. The van der Waals surface area contributed by atoms with E-state index in [1.54, 1.807) is 0 Å². The highest BCUT2D eigenvalue weighted by Crippen LogP contribution is 2.33. The molecule has 4 rings (SSSR count). The number of hydrogen-bond donors (Lipinski definition) is 0. The molecule has 1 atom stereocenters. The van der Waals surface area contributed by atoms with Crippen LogP contribution in [0, 0.1) is 6.92 Å². The number of anilines is 1. The number of aromatic nitrogens is 3. The quantitative estimate of drug-likeness (QED) is 0.606. The average molecular weight is 393 g/mol. The van der Waals surface area contributed by atoms with Gasteiger partial charge in [-0.2, -0.15) is 0 Å². The molecular formula is C22H24N4OS. The summed E-state index contributed by atoms with van der Waals surface area (Å²) in [6, 6.07) is 16.5. The Labute approximate surface area is 169 Å². The zero-order valence-electron chi connectivity index (χ0n) is 16.4. The van der Waals surface area contributed by atoms with Crippen molar-refractivity contribution in [1.82, 2.24) is 14.8 Å². The molecule has 0 N–H and O–H groups in total. The van der Waals surface area contributed by atoms with Crippen LogP contribution in [0.5, 0.6) is 0 Å². The number of fused-ring (bicyclic) bond motifs is 1. The molecule has 1 aromatic heterocycles. The largest absolute Gasteiger partial charge is 0.308 e. The van der Waals surface area contributed by atoms with E-state index in [0.717, 1.165) is 35.2 Å². The van der Waals surface area contributed by atoms with Gasteiger partial charge in [0, 0.05) is 23.8 Å². The zero-order valence-corrected chi connectivity index (χ0v) is 17.2. The van der Waals surface area contributed by atoms with E-state index in [2.05, 4.69) is 53.7 Å². The highest BCUT2D eigenvalue weighted by molar-refractivity contribution is 7.99. The van der Waals surface area contributed by atoms with Crippen LogP contribution in [0.2, 0.25) is 0 Å². The van der Waals surface area contributed by atoms with Crippen molar-refractivity contribution in [3.05, 3.63) is 59.7 Å². The van der Waals surface area contributed by atoms with Crippen molar-refractivity contribution in [2.24, 2.45) is 0 Å². The number of benzene rings is 2. The first kappa shape index (κ1) is 18.7. The third-order valence-electron chi connectivity index (χ3n) is 5.22. The fourth-order valence-corrected chi connectivity index (χ4v) is 4.71. The van der Waals surface area contributed by atoms with Crippen LogP contribution in [-0.4, -0.2) is 32.5 Å². The summed E-state index contributed by atoms with van der Waals surface area (Å²) < 4.78 is 2.08. The fraction of sp³-hybridized carbons (Fsp3) is 0.318. The summed E-state index contributed by atoms with van der Waals surface area (Å²) in [5, 5.41) is 9.57. The summed E-state index contributed by atoms with van der Waals surface area (Å²) >= 11 is 1.46. The van der Waals surface area contributed by atoms with Crippen LogP contribution in [-0.2, 0) is 17.8 Å². The van der Waals surface area contributed by atoms with E-state index in [-0.39, 0.29) is 11.9 Å². The first-order valence-electron chi connectivity index (χ1n) is 9.62. The van der Waals surface area contributed by atoms with Crippen molar-refractivity contribution in [3.63, 3.8) is 0 Å². The molecule has 0 fully saturated rings. The Hall–Kier alpha value is -2.60. The molecule has 6 heteroatoms. The number of carbonyl (C=O) groups is 1. The lowest BCUT2D eigenvalue weighted by Gasteiger charge is -2.22. The Kier molecular flexibility index (Phi) is 5.22. The third kappa shape index (κ3) is 3.33. The lowest BCUT2D eigenvalue weighted by Crippen LogP contribution is -2.37. The summed E-state index contributed by atoms with van der Waals surface area (Å²) in [6.07, 6.45) is 0.912. The van der Waals surface area contributed by atoms with Gasteiger partial charge in [0.15, 0.2) is 11.0 Å². The second-order valence-corrected chi connectivity index (χ2v) is 8.04. The SMILES string of the molecule is CCn1c(SCC(=O)N2c3ccccc3C[C@@H]2C)nnc1-c1ccccc1C. The second kappa shape index (κ2) is 7.80. The number of rotatable bonds is 5. The summed E-state index contributed by atoms with van der Waals surface area (Å²) in [7, 11) is 0. The van der Waals surface area contributed by atoms with E-state index in [1.165, 1.54) is 22.9 Å². The van der Waals surface area contributed by atoms with Crippen LogP contribution in [0.4, 0.5) is 5.69 Å². The van der Waals surface area contributed by atoms with Crippen molar-refractivity contribution in [2.45, 2.75) is 44.9 Å². The van der Waals surface area contributed by atoms with Crippen molar-refractivity contribution in [2.75, 3.05) is 10.7 Å². The number of para-hydroxylation sites is 1. The molecule has 3 aromatic rings. The van der Waals surface area contributed by atoms with Gasteiger partial charge in [0.1, 0.15) is 0 Å². The summed E-state index contributed by atoms with van der Waals surface area (Å²) in [5.74, 6) is 1.32. The maximum atomic E-state index is 13.0. The molecule has 0 aliphatic carbocycles.